The van der Waals surface area contributed by atoms with Crippen LogP contribution in [0.15, 0.2) is 47.4 Å². The molecular formula is C19H23FN2O4S. The summed E-state index contributed by atoms with van der Waals surface area (Å²) in [6.07, 6.45) is 0.00260. The summed E-state index contributed by atoms with van der Waals surface area (Å²) < 4.78 is 52.7. The first-order chi connectivity index (χ1) is 12.8. The molecule has 1 aliphatic heterocycles. The first-order valence-electron chi connectivity index (χ1n) is 8.65. The Kier molecular flexibility index (Phi) is 5.57. The summed E-state index contributed by atoms with van der Waals surface area (Å²) in [6, 6.07) is 10.3. The van der Waals surface area contributed by atoms with Crippen LogP contribution in [0.1, 0.15) is 13.8 Å². The Labute approximate surface area is 159 Å². The van der Waals surface area contributed by atoms with E-state index in [1.54, 1.807) is 24.3 Å². The zero-order chi connectivity index (χ0) is 19.6. The van der Waals surface area contributed by atoms with Gasteiger partial charge in [0.25, 0.3) is 10.0 Å². The highest BCUT2D eigenvalue weighted by molar-refractivity contribution is 7.92. The first kappa shape index (κ1) is 19.4. The van der Waals surface area contributed by atoms with Crippen LogP contribution in [0, 0.1) is 5.82 Å². The predicted molar refractivity (Wildman–Crippen MR) is 102 cm³/mol. The third kappa shape index (κ3) is 4.51. The molecule has 1 saturated heterocycles. The molecule has 0 aliphatic carbocycles. The topological polar surface area (TPSA) is 67.9 Å². The lowest BCUT2D eigenvalue weighted by Gasteiger charge is -2.37. The molecule has 0 bridgehead atoms. The largest absolute Gasteiger partial charge is 0.497 e. The van der Waals surface area contributed by atoms with Crippen LogP contribution in [0.25, 0.3) is 0 Å². The van der Waals surface area contributed by atoms with Gasteiger partial charge in [-0.3, -0.25) is 4.72 Å². The molecule has 0 saturated carbocycles. The molecule has 2 aromatic rings. The number of rotatable bonds is 5. The second-order valence-electron chi connectivity index (χ2n) is 6.61. The van der Waals surface area contributed by atoms with Crippen LogP contribution < -0.4 is 14.4 Å². The molecule has 2 atom stereocenters. The van der Waals surface area contributed by atoms with E-state index in [2.05, 4.69) is 4.72 Å². The van der Waals surface area contributed by atoms with Gasteiger partial charge in [0.2, 0.25) is 0 Å². The van der Waals surface area contributed by atoms with E-state index >= 15 is 0 Å². The van der Waals surface area contributed by atoms with Crippen LogP contribution in [-0.4, -0.2) is 40.8 Å². The molecule has 0 spiro atoms. The van der Waals surface area contributed by atoms with Crippen molar-refractivity contribution in [2.24, 2.45) is 0 Å². The highest BCUT2D eigenvalue weighted by Gasteiger charge is 2.24. The van der Waals surface area contributed by atoms with Gasteiger partial charge in [0.05, 0.1) is 35.6 Å². The third-order valence-corrected chi connectivity index (χ3v) is 5.73. The van der Waals surface area contributed by atoms with Crippen molar-refractivity contribution in [1.82, 2.24) is 0 Å². The quantitative estimate of drug-likeness (QED) is 0.843. The van der Waals surface area contributed by atoms with E-state index in [0.29, 0.717) is 24.5 Å². The van der Waals surface area contributed by atoms with Gasteiger partial charge in [0.15, 0.2) is 0 Å². The maximum atomic E-state index is 14.6. The van der Waals surface area contributed by atoms with Crippen molar-refractivity contribution in [3.05, 3.63) is 48.3 Å². The normalized spacial score (nSPS) is 20.4. The summed E-state index contributed by atoms with van der Waals surface area (Å²) in [7, 11) is -2.31. The minimum atomic E-state index is -3.82. The number of anilines is 2. The van der Waals surface area contributed by atoms with Gasteiger partial charge in [-0.15, -0.1) is 0 Å². The van der Waals surface area contributed by atoms with Gasteiger partial charge in [-0.1, -0.05) is 0 Å². The molecule has 0 radical (unpaired) electrons. The van der Waals surface area contributed by atoms with Gasteiger partial charge in [0.1, 0.15) is 11.6 Å². The molecule has 0 unspecified atom stereocenters. The zero-order valence-electron chi connectivity index (χ0n) is 15.5. The SMILES string of the molecule is COc1ccc(S(=O)(=O)Nc2ccc(N3C[C@@H](C)O[C@H](C)C3)c(F)c2)cc1. The average Bonchev–Trinajstić information content (AvgIpc) is 2.60. The minimum absolute atomic E-state index is 0.00130. The molecule has 146 valence electrons. The van der Waals surface area contributed by atoms with E-state index in [0.717, 1.165) is 0 Å². The van der Waals surface area contributed by atoms with Crippen molar-refractivity contribution in [1.29, 1.82) is 0 Å². The lowest BCUT2D eigenvalue weighted by molar-refractivity contribution is -0.00539. The summed E-state index contributed by atoms with van der Waals surface area (Å²) in [4.78, 5) is 1.99. The third-order valence-electron chi connectivity index (χ3n) is 4.33. The molecule has 6 nitrogen and oxygen atoms in total. The van der Waals surface area contributed by atoms with Crippen molar-refractivity contribution < 1.29 is 22.3 Å². The maximum Gasteiger partial charge on any atom is 0.261 e. The molecule has 1 fully saturated rings. The molecular weight excluding hydrogens is 371 g/mol. The summed E-state index contributed by atoms with van der Waals surface area (Å²) in [5.41, 5.74) is 0.603. The van der Waals surface area contributed by atoms with E-state index in [4.69, 9.17) is 9.47 Å². The summed E-state index contributed by atoms with van der Waals surface area (Å²) in [5, 5.41) is 0. The van der Waals surface area contributed by atoms with Crippen LogP contribution in [0.3, 0.4) is 0 Å². The predicted octanol–water partition coefficient (Wildman–Crippen LogP) is 3.25. The van der Waals surface area contributed by atoms with E-state index in [1.165, 1.54) is 25.3 Å². The van der Waals surface area contributed by atoms with Gasteiger partial charge in [-0.05, 0) is 50.2 Å². The van der Waals surface area contributed by atoms with Crippen LogP contribution >= 0.6 is 0 Å². The van der Waals surface area contributed by atoms with Gasteiger partial charge in [0, 0.05) is 19.2 Å². The lowest BCUT2D eigenvalue weighted by atomic mass is 10.2. The number of nitrogens with one attached hydrogen (secondary N) is 1. The monoisotopic (exact) mass is 394 g/mol. The van der Waals surface area contributed by atoms with Gasteiger partial charge >= 0.3 is 0 Å². The molecule has 0 amide bonds. The number of sulfonamides is 1. The standard InChI is InChI=1S/C19H23FN2O4S/c1-13-11-22(12-14(2)26-13)19-9-4-15(10-18(19)20)21-27(23,24)17-7-5-16(25-3)6-8-17/h4-10,13-14,21H,11-12H2,1-3H3/t13-,14-/m1/s1. The Bertz CT molecular complexity index is 892. The number of morpholine rings is 1. The van der Waals surface area contributed by atoms with Gasteiger partial charge in [-0.2, -0.15) is 0 Å². The number of halogens is 1. The Hall–Kier alpha value is -2.32. The van der Waals surface area contributed by atoms with Gasteiger partial charge in [-0.25, -0.2) is 12.8 Å². The number of nitrogens with zero attached hydrogens (tertiary/aromatic N) is 1. The number of benzene rings is 2. The Balaban J connectivity index is 1.78. The number of ether oxygens (including phenoxy) is 2. The summed E-state index contributed by atoms with van der Waals surface area (Å²) in [6.45, 7) is 5.05. The Morgan fingerprint density at radius 2 is 1.74 bits per heavy atom. The van der Waals surface area contributed by atoms with Crippen molar-refractivity contribution in [2.75, 3.05) is 29.8 Å². The van der Waals surface area contributed by atoms with E-state index in [9.17, 15) is 12.8 Å². The number of hydrogen-bond donors (Lipinski definition) is 1. The molecule has 3 rings (SSSR count). The van der Waals surface area contributed by atoms with Crippen molar-refractivity contribution in [3.8, 4) is 5.75 Å². The number of methoxy groups -OCH3 is 1. The Morgan fingerprint density at radius 1 is 1.11 bits per heavy atom. The van der Waals surface area contributed by atoms with Crippen LogP contribution in [-0.2, 0) is 14.8 Å². The van der Waals surface area contributed by atoms with E-state index in [1.807, 2.05) is 18.7 Å². The molecule has 1 heterocycles. The van der Waals surface area contributed by atoms with E-state index < -0.39 is 15.8 Å². The summed E-state index contributed by atoms with van der Waals surface area (Å²) in [5.74, 6) is 0.0737. The highest BCUT2D eigenvalue weighted by atomic mass is 32.2. The van der Waals surface area contributed by atoms with Crippen LogP contribution in [0.2, 0.25) is 0 Å². The van der Waals surface area contributed by atoms with Crippen molar-refractivity contribution >= 4 is 21.4 Å². The highest BCUT2D eigenvalue weighted by Crippen LogP contribution is 2.27. The maximum absolute atomic E-state index is 14.6. The second kappa shape index (κ2) is 7.74. The molecule has 2 aromatic carbocycles. The zero-order valence-corrected chi connectivity index (χ0v) is 16.3. The average molecular weight is 394 g/mol. The smallest absolute Gasteiger partial charge is 0.261 e. The van der Waals surface area contributed by atoms with E-state index in [-0.39, 0.29) is 22.8 Å². The summed E-state index contributed by atoms with van der Waals surface area (Å²) >= 11 is 0. The second-order valence-corrected chi connectivity index (χ2v) is 8.29. The molecule has 1 aliphatic rings. The number of hydrogen-bond acceptors (Lipinski definition) is 5. The van der Waals surface area contributed by atoms with Crippen LogP contribution in [0.5, 0.6) is 5.75 Å². The van der Waals surface area contributed by atoms with Crippen molar-refractivity contribution in [2.45, 2.75) is 31.0 Å². The minimum Gasteiger partial charge on any atom is -0.497 e. The van der Waals surface area contributed by atoms with Gasteiger partial charge < -0.3 is 14.4 Å². The molecule has 27 heavy (non-hydrogen) atoms. The fourth-order valence-electron chi connectivity index (χ4n) is 3.17. The fraction of sp³-hybridized carbons (Fsp3) is 0.368. The molecule has 8 heteroatoms. The first-order valence-corrected chi connectivity index (χ1v) is 10.1. The van der Waals surface area contributed by atoms with Crippen LogP contribution in [0.4, 0.5) is 15.8 Å². The fourth-order valence-corrected chi connectivity index (χ4v) is 4.22. The lowest BCUT2D eigenvalue weighted by Crippen LogP contribution is -2.45. The van der Waals surface area contributed by atoms with Crippen molar-refractivity contribution in [3.63, 3.8) is 0 Å². The molecule has 1 N–H and O–H groups in total. The Morgan fingerprint density at radius 3 is 2.30 bits per heavy atom. The molecule has 0 aromatic heterocycles.